The van der Waals surface area contributed by atoms with Crippen LogP contribution >= 0.6 is 0 Å². The average Bonchev–Trinajstić information content (AvgIpc) is 3.05. The van der Waals surface area contributed by atoms with Crippen LogP contribution in [0, 0.1) is 17.0 Å². The minimum Gasteiger partial charge on any atom is -0.503 e. The van der Waals surface area contributed by atoms with Gasteiger partial charge in [-0.25, -0.2) is 0 Å². The standard InChI is InChI=1S/C26H22N2O4/c1-18-10-14-21(15-11-18)27-24(20-12-16-22(17-13-20)28(31)32)23(25(29)26(27)30)9-5-8-19-6-3-2-4-7-19/h2-8,10-17,24,29H,9H2,1H3/b8-5+. The summed E-state index contributed by atoms with van der Waals surface area (Å²) in [5, 5.41) is 21.8. The highest BCUT2D eigenvalue weighted by Crippen LogP contribution is 2.42. The van der Waals surface area contributed by atoms with Crippen LogP contribution in [0.25, 0.3) is 6.08 Å². The van der Waals surface area contributed by atoms with Gasteiger partial charge in [-0.15, -0.1) is 0 Å². The molecule has 0 fully saturated rings. The van der Waals surface area contributed by atoms with E-state index < -0.39 is 16.9 Å². The van der Waals surface area contributed by atoms with E-state index in [0.29, 0.717) is 23.2 Å². The molecule has 0 saturated heterocycles. The van der Waals surface area contributed by atoms with Crippen LogP contribution in [0.2, 0.25) is 0 Å². The highest BCUT2D eigenvalue weighted by atomic mass is 16.6. The second kappa shape index (κ2) is 8.89. The van der Waals surface area contributed by atoms with Gasteiger partial charge in [-0.05, 0) is 48.7 Å². The maximum atomic E-state index is 13.1. The first-order chi connectivity index (χ1) is 15.5. The zero-order valence-corrected chi connectivity index (χ0v) is 17.5. The molecule has 3 aromatic carbocycles. The molecule has 4 rings (SSSR count). The average molecular weight is 426 g/mol. The van der Waals surface area contributed by atoms with Gasteiger partial charge in [-0.2, -0.15) is 0 Å². The Bertz CT molecular complexity index is 1200. The third-order valence-electron chi connectivity index (χ3n) is 5.49. The molecule has 0 saturated carbocycles. The van der Waals surface area contributed by atoms with E-state index in [-0.39, 0.29) is 11.4 Å². The number of hydrogen-bond donors (Lipinski definition) is 1. The Kier molecular flexibility index (Phi) is 5.85. The molecule has 0 radical (unpaired) electrons. The number of aryl methyl sites for hydroxylation is 1. The topological polar surface area (TPSA) is 83.7 Å². The van der Waals surface area contributed by atoms with Gasteiger partial charge < -0.3 is 5.11 Å². The van der Waals surface area contributed by atoms with Crippen molar-refractivity contribution in [3.63, 3.8) is 0 Å². The first-order valence-electron chi connectivity index (χ1n) is 10.2. The number of allylic oxidation sites excluding steroid dienone is 1. The van der Waals surface area contributed by atoms with Crippen LogP contribution in [0.5, 0.6) is 0 Å². The summed E-state index contributed by atoms with van der Waals surface area (Å²) >= 11 is 0. The van der Waals surface area contributed by atoms with Crippen molar-refractivity contribution >= 4 is 23.4 Å². The molecule has 1 amide bonds. The van der Waals surface area contributed by atoms with Crippen molar-refractivity contribution in [2.75, 3.05) is 4.90 Å². The third kappa shape index (κ3) is 4.16. The number of amides is 1. The number of aliphatic hydroxyl groups is 1. The van der Waals surface area contributed by atoms with E-state index in [1.807, 2.05) is 73.7 Å². The normalized spacial score (nSPS) is 16.2. The van der Waals surface area contributed by atoms with Crippen LogP contribution in [-0.2, 0) is 4.79 Å². The van der Waals surface area contributed by atoms with Crippen molar-refractivity contribution in [3.8, 4) is 0 Å². The second-order valence-electron chi connectivity index (χ2n) is 7.65. The van der Waals surface area contributed by atoms with E-state index in [4.69, 9.17) is 0 Å². The summed E-state index contributed by atoms with van der Waals surface area (Å²) in [5.74, 6) is -0.771. The van der Waals surface area contributed by atoms with Gasteiger partial charge in [0, 0.05) is 23.4 Å². The molecule has 0 aliphatic carbocycles. The van der Waals surface area contributed by atoms with Crippen LogP contribution in [-0.4, -0.2) is 15.9 Å². The van der Waals surface area contributed by atoms with Gasteiger partial charge in [-0.1, -0.05) is 60.2 Å². The maximum Gasteiger partial charge on any atom is 0.293 e. The van der Waals surface area contributed by atoms with E-state index in [0.717, 1.165) is 11.1 Å². The highest BCUT2D eigenvalue weighted by molar-refractivity contribution is 6.08. The molecule has 0 bridgehead atoms. The zero-order valence-electron chi connectivity index (χ0n) is 17.5. The SMILES string of the molecule is Cc1ccc(N2C(=O)C(O)=C(C/C=C/c3ccccc3)C2c2ccc([N+](=O)[O-])cc2)cc1. The predicted molar refractivity (Wildman–Crippen MR) is 124 cm³/mol. The fraction of sp³-hybridized carbons (Fsp3) is 0.115. The van der Waals surface area contributed by atoms with Gasteiger partial charge >= 0.3 is 0 Å². The molecule has 6 nitrogen and oxygen atoms in total. The van der Waals surface area contributed by atoms with Crippen molar-refractivity contribution in [2.45, 2.75) is 19.4 Å². The minimum atomic E-state index is -0.563. The first kappa shape index (κ1) is 21.1. The van der Waals surface area contributed by atoms with Gasteiger partial charge in [-0.3, -0.25) is 19.8 Å². The molecule has 3 aromatic rings. The van der Waals surface area contributed by atoms with Crippen molar-refractivity contribution in [2.24, 2.45) is 0 Å². The Balaban J connectivity index is 1.73. The molecule has 1 aliphatic rings. The predicted octanol–water partition coefficient (Wildman–Crippen LogP) is 5.91. The van der Waals surface area contributed by atoms with Crippen molar-refractivity contribution in [1.29, 1.82) is 0 Å². The summed E-state index contributed by atoms with van der Waals surface area (Å²) in [7, 11) is 0. The molecule has 6 heteroatoms. The molecule has 0 aromatic heterocycles. The lowest BCUT2D eigenvalue weighted by Gasteiger charge is -2.27. The van der Waals surface area contributed by atoms with Gasteiger partial charge in [0.15, 0.2) is 5.76 Å². The first-order valence-corrected chi connectivity index (χ1v) is 10.2. The smallest absolute Gasteiger partial charge is 0.293 e. The number of benzene rings is 3. The van der Waals surface area contributed by atoms with Crippen molar-refractivity contribution in [1.82, 2.24) is 0 Å². The molecule has 32 heavy (non-hydrogen) atoms. The van der Waals surface area contributed by atoms with Crippen molar-refractivity contribution < 1.29 is 14.8 Å². The van der Waals surface area contributed by atoms with E-state index in [1.54, 1.807) is 17.0 Å². The molecule has 1 atom stereocenters. The summed E-state index contributed by atoms with van der Waals surface area (Å²) in [6.07, 6.45) is 4.20. The van der Waals surface area contributed by atoms with Gasteiger partial charge in [0.25, 0.3) is 11.6 Å². The molecule has 1 N–H and O–H groups in total. The lowest BCUT2D eigenvalue weighted by Crippen LogP contribution is -2.30. The molecule has 1 heterocycles. The van der Waals surface area contributed by atoms with Crippen LogP contribution in [0.1, 0.15) is 29.2 Å². The highest BCUT2D eigenvalue weighted by Gasteiger charge is 2.40. The maximum absolute atomic E-state index is 13.1. The largest absolute Gasteiger partial charge is 0.503 e. The minimum absolute atomic E-state index is 0.0290. The Labute approximate surface area is 185 Å². The van der Waals surface area contributed by atoms with Crippen LogP contribution in [0.4, 0.5) is 11.4 Å². The molecular formula is C26H22N2O4. The number of nitro benzene ring substituents is 1. The summed E-state index contributed by atoms with van der Waals surface area (Å²) < 4.78 is 0. The molecule has 160 valence electrons. The van der Waals surface area contributed by atoms with E-state index in [9.17, 15) is 20.0 Å². The Morgan fingerprint density at radius 2 is 1.66 bits per heavy atom. The molecule has 1 aliphatic heterocycles. The number of nitrogens with zero attached hydrogens (tertiary/aromatic N) is 2. The summed E-state index contributed by atoms with van der Waals surface area (Å²) in [5.41, 5.74) is 3.93. The Hall–Kier alpha value is -4.19. The third-order valence-corrected chi connectivity index (χ3v) is 5.49. The van der Waals surface area contributed by atoms with E-state index in [1.165, 1.54) is 12.1 Å². The number of nitro groups is 1. The van der Waals surface area contributed by atoms with E-state index >= 15 is 0 Å². The monoisotopic (exact) mass is 426 g/mol. The molecule has 1 unspecified atom stereocenters. The van der Waals surface area contributed by atoms with Crippen LogP contribution in [0.15, 0.2) is 96.3 Å². The van der Waals surface area contributed by atoms with Crippen LogP contribution in [0.3, 0.4) is 0 Å². The lowest BCUT2D eigenvalue weighted by atomic mass is 9.96. The van der Waals surface area contributed by atoms with E-state index in [2.05, 4.69) is 0 Å². The fourth-order valence-corrected chi connectivity index (χ4v) is 3.85. The number of non-ortho nitro benzene ring substituents is 1. The lowest BCUT2D eigenvalue weighted by molar-refractivity contribution is -0.384. The van der Waals surface area contributed by atoms with Crippen LogP contribution < -0.4 is 4.90 Å². The molecule has 0 spiro atoms. The molecular weight excluding hydrogens is 404 g/mol. The fourth-order valence-electron chi connectivity index (χ4n) is 3.85. The van der Waals surface area contributed by atoms with Gasteiger partial charge in [0.2, 0.25) is 0 Å². The van der Waals surface area contributed by atoms with Crippen molar-refractivity contribution in [3.05, 3.63) is 123 Å². The number of aliphatic hydroxyl groups excluding tert-OH is 1. The quantitative estimate of drug-likeness (QED) is 0.392. The summed E-state index contributed by atoms with van der Waals surface area (Å²) in [4.78, 5) is 25.2. The van der Waals surface area contributed by atoms with Gasteiger partial charge in [0.05, 0.1) is 11.0 Å². The number of carbonyl (C=O) groups is 1. The summed E-state index contributed by atoms with van der Waals surface area (Å²) in [6, 6.07) is 22.8. The zero-order chi connectivity index (χ0) is 22.7. The number of carbonyl (C=O) groups excluding carboxylic acids is 1. The second-order valence-corrected chi connectivity index (χ2v) is 7.65. The van der Waals surface area contributed by atoms with Gasteiger partial charge in [0.1, 0.15) is 0 Å². The number of anilines is 1. The Morgan fingerprint density at radius 3 is 2.28 bits per heavy atom. The Morgan fingerprint density at radius 1 is 1.00 bits per heavy atom. The number of hydrogen-bond acceptors (Lipinski definition) is 4. The number of rotatable bonds is 6. The summed E-state index contributed by atoms with van der Waals surface area (Å²) in [6.45, 7) is 1.96.